The van der Waals surface area contributed by atoms with Gasteiger partial charge in [0, 0.05) is 11.9 Å². The van der Waals surface area contributed by atoms with E-state index < -0.39 is 16.0 Å². The van der Waals surface area contributed by atoms with E-state index in [2.05, 4.69) is 4.72 Å². The molecule has 2 rings (SSSR count). The van der Waals surface area contributed by atoms with Crippen LogP contribution >= 0.6 is 11.3 Å². The molecule has 0 saturated heterocycles. The van der Waals surface area contributed by atoms with Crippen molar-refractivity contribution in [1.82, 2.24) is 4.72 Å². The maximum Gasteiger partial charge on any atom is 0.345 e. The van der Waals surface area contributed by atoms with Crippen LogP contribution in [-0.4, -0.2) is 26.0 Å². The van der Waals surface area contributed by atoms with Crippen LogP contribution in [0.5, 0.6) is 0 Å². The smallest absolute Gasteiger partial charge is 0.345 e. The summed E-state index contributed by atoms with van der Waals surface area (Å²) in [4.78, 5) is 10.6. The quantitative estimate of drug-likeness (QED) is 0.850. The second-order valence-electron chi connectivity index (χ2n) is 4.19. The molecule has 0 aliphatic rings. The first-order chi connectivity index (χ1) is 9.90. The molecule has 8 heteroatoms. The number of carboxylic acid groups (broad SMARTS) is 1. The third-order valence-electron chi connectivity index (χ3n) is 2.74. The van der Waals surface area contributed by atoms with Gasteiger partial charge in [-0.1, -0.05) is 18.2 Å². The molecule has 0 saturated carbocycles. The van der Waals surface area contributed by atoms with Gasteiger partial charge in [0.1, 0.15) is 10.7 Å². The van der Waals surface area contributed by atoms with E-state index >= 15 is 0 Å². The summed E-state index contributed by atoms with van der Waals surface area (Å²) in [6.07, 6.45) is 0.210. The Kier molecular flexibility index (Phi) is 4.71. The first kappa shape index (κ1) is 15.6. The number of thiophene rings is 1. The number of carbonyl (C=O) groups is 1. The Hall–Kier alpha value is -1.77. The number of halogens is 1. The van der Waals surface area contributed by atoms with Crippen LogP contribution in [0.25, 0.3) is 0 Å². The molecule has 2 N–H and O–H groups in total. The molecule has 1 heterocycles. The molecule has 0 radical (unpaired) electrons. The lowest BCUT2D eigenvalue weighted by atomic mass is 10.1. The van der Waals surface area contributed by atoms with Gasteiger partial charge in [-0.25, -0.2) is 22.3 Å². The summed E-state index contributed by atoms with van der Waals surface area (Å²) in [5.74, 6) is -1.56. The van der Waals surface area contributed by atoms with Crippen molar-refractivity contribution in [2.24, 2.45) is 0 Å². The molecular formula is C13H12FNO4S2. The van der Waals surface area contributed by atoms with Gasteiger partial charge in [-0.3, -0.25) is 0 Å². The molecule has 1 aromatic carbocycles. The Balaban J connectivity index is 2.01. The van der Waals surface area contributed by atoms with Crippen LogP contribution in [0.4, 0.5) is 4.39 Å². The number of rotatable bonds is 6. The molecule has 0 aliphatic heterocycles. The maximum atomic E-state index is 13.4. The number of sulfonamides is 1. The number of hydrogen-bond acceptors (Lipinski definition) is 4. The van der Waals surface area contributed by atoms with Gasteiger partial charge in [-0.15, -0.1) is 11.3 Å². The van der Waals surface area contributed by atoms with E-state index in [1.807, 2.05) is 0 Å². The van der Waals surface area contributed by atoms with Crippen molar-refractivity contribution >= 4 is 27.3 Å². The molecule has 0 atom stereocenters. The van der Waals surface area contributed by atoms with Crippen molar-refractivity contribution in [3.63, 3.8) is 0 Å². The van der Waals surface area contributed by atoms with Crippen LogP contribution in [0.1, 0.15) is 15.2 Å². The predicted octanol–water partition coefficient (Wildman–Crippen LogP) is 2.11. The highest BCUT2D eigenvalue weighted by Gasteiger charge is 2.18. The minimum atomic E-state index is -3.78. The largest absolute Gasteiger partial charge is 0.477 e. The number of benzene rings is 1. The third-order valence-corrected chi connectivity index (χ3v) is 5.25. The lowest BCUT2D eigenvalue weighted by molar-refractivity contribution is 0.0702. The first-order valence-corrected chi connectivity index (χ1v) is 8.31. The van der Waals surface area contributed by atoms with Gasteiger partial charge < -0.3 is 5.11 Å². The zero-order chi connectivity index (χ0) is 15.5. The summed E-state index contributed by atoms with van der Waals surface area (Å²) in [5, 5.41) is 10.0. The minimum Gasteiger partial charge on any atom is -0.477 e. The molecule has 5 nitrogen and oxygen atoms in total. The average molecular weight is 329 g/mol. The van der Waals surface area contributed by atoms with Crippen LogP contribution in [0.2, 0.25) is 0 Å². The molecule has 0 aliphatic carbocycles. The zero-order valence-corrected chi connectivity index (χ0v) is 12.4. The van der Waals surface area contributed by atoms with Crippen molar-refractivity contribution < 1.29 is 22.7 Å². The molecule has 0 fully saturated rings. The first-order valence-electron chi connectivity index (χ1n) is 5.95. The summed E-state index contributed by atoms with van der Waals surface area (Å²) in [5.41, 5.74) is 0.414. The van der Waals surface area contributed by atoms with E-state index in [9.17, 15) is 17.6 Å². The number of hydrogen-bond donors (Lipinski definition) is 2. The lowest BCUT2D eigenvalue weighted by Crippen LogP contribution is -2.25. The van der Waals surface area contributed by atoms with Gasteiger partial charge in [0.25, 0.3) is 0 Å². The van der Waals surface area contributed by atoms with E-state index in [0.29, 0.717) is 5.56 Å². The van der Waals surface area contributed by atoms with Crippen molar-refractivity contribution in [1.29, 1.82) is 0 Å². The molecule has 0 amide bonds. The lowest BCUT2D eigenvalue weighted by Gasteiger charge is -2.05. The fourth-order valence-corrected chi connectivity index (χ4v) is 3.82. The number of nitrogens with one attached hydrogen (secondary N) is 1. The summed E-state index contributed by atoms with van der Waals surface area (Å²) in [7, 11) is -3.78. The molecule has 0 spiro atoms. The third kappa shape index (κ3) is 3.87. The van der Waals surface area contributed by atoms with Crippen LogP contribution in [0.3, 0.4) is 0 Å². The van der Waals surface area contributed by atoms with Gasteiger partial charge in [0.2, 0.25) is 10.0 Å². The Bertz CT molecular complexity index is 755. The maximum absolute atomic E-state index is 13.4. The number of carboxylic acids is 1. The van der Waals surface area contributed by atoms with Crippen LogP contribution < -0.4 is 4.72 Å². The van der Waals surface area contributed by atoms with Crippen molar-refractivity contribution in [2.75, 3.05) is 6.54 Å². The van der Waals surface area contributed by atoms with Crippen molar-refractivity contribution in [3.05, 3.63) is 52.0 Å². The average Bonchev–Trinajstić information content (AvgIpc) is 2.91. The van der Waals surface area contributed by atoms with Crippen molar-refractivity contribution in [2.45, 2.75) is 11.3 Å². The van der Waals surface area contributed by atoms with Gasteiger partial charge in [-0.2, -0.15) is 0 Å². The Labute approximate surface area is 125 Å². The van der Waals surface area contributed by atoms with E-state index in [1.165, 1.54) is 11.4 Å². The summed E-state index contributed by atoms with van der Waals surface area (Å²) in [6, 6.07) is 7.21. The minimum absolute atomic E-state index is 0.0293. The second kappa shape index (κ2) is 6.33. The molecule has 1 aromatic heterocycles. The fourth-order valence-electron chi connectivity index (χ4n) is 1.68. The fraction of sp³-hybridized carbons (Fsp3) is 0.154. The number of aromatic carboxylic acids is 1. The highest BCUT2D eigenvalue weighted by molar-refractivity contribution is 7.89. The monoisotopic (exact) mass is 329 g/mol. The SMILES string of the molecule is O=C(O)c1cc(S(=O)(=O)NCCc2ccccc2F)cs1. The molecule has 0 bridgehead atoms. The predicted molar refractivity (Wildman–Crippen MR) is 76.6 cm³/mol. The standard InChI is InChI=1S/C13H12FNO4S2/c14-11-4-2-1-3-9(11)5-6-15-21(18,19)10-7-12(13(16)17)20-8-10/h1-4,7-8,15H,5-6H2,(H,16,17). The van der Waals surface area contributed by atoms with Crippen molar-refractivity contribution in [3.8, 4) is 0 Å². The highest BCUT2D eigenvalue weighted by Crippen LogP contribution is 2.19. The summed E-state index contributed by atoms with van der Waals surface area (Å²) >= 11 is 0.838. The van der Waals surface area contributed by atoms with E-state index in [0.717, 1.165) is 17.4 Å². The zero-order valence-electron chi connectivity index (χ0n) is 10.7. The topological polar surface area (TPSA) is 83.5 Å². The van der Waals surface area contributed by atoms with Gasteiger partial charge >= 0.3 is 5.97 Å². The summed E-state index contributed by atoms with van der Waals surface area (Å²) < 4.78 is 39.6. The van der Waals surface area contributed by atoms with Crippen LogP contribution in [0, 0.1) is 5.82 Å². The van der Waals surface area contributed by atoms with Gasteiger partial charge in [-0.05, 0) is 24.1 Å². The van der Waals surface area contributed by atoms with Gasteiger partial charge in [0.15, 0.2) is 0 Å². The summed E-state index contributed by atoms with van der Waals surface area (Å²) in [6.45, 7) is 0.0293. The van der Waals surface area contributed by atoms with Crippen LogP contribution in [-0.2, 0) is 16.4 Å². The normalized spacial score (nSPS) is 11.5. The van der Waals surface area contributed by atoms with Crippen LogP contribution in [0.15, 0.2) is 40.6 Å². The Morgan fingerprint density at radius 2 is 2.05 bits per heavy atom. The Morgan fingerprint density at radius 3 is 2.67 bits per heavy atom. The van der Waals surface area contributed by atoms with E-state index in [4.69, 9.17) is 5.11 Å². The molecule has 2 aromatic rings. The molecular weight excluding hydrogens is 317 g/mol. The van der Waals surface area contributed by atoms with E-state index in [1.54, 1.807) is 18.2 Å². The van der Waals surface area contributed by atoms with E-state index in [-0.39, 0.29) is 28.6 Å². The Morgan fingerprint density at radius 1 is 1.33 bits per heavy atom. The van der Waals surface area contributed by atoms with Gasteiger partial charge in [0.05, 0.1) is 4.90 Å². The molecule has 112 valence electrons. The molecule has 21 heavy (non-hydrogen) atoms. The highest BCUT2D eigenvalue weighted by atomic mass is 32.2. The second-order valence-corrected chi connectivity index (χ2v) is 6.87. The molecule has 0 unspecified atom stereocenters.